The first-order chi connectivity index (χ1) is 8.75. The number of rotatable bonds is 4. The van der Waals surface area contributed by atoms with Crippen molar-refractivity contribution in [2.45, 2.75) is 58.2 Å². The quantitative estimate of drug-likeness (QED) is 0.636. The van der Waals surface area contributed by atoms with Gasteiger partial charge in [0.05, 0.1) is 10.2 Å². The van der Waals surface area contributed by atoms with Crippen molar-refractivity contribution in [3.63, 3.8) is 0 Å². The van der Waals surface area contributed by atoms with Crippen molar-refractivity contribution in [3.8, 4) is 0 Å². The van der Waals surface area contributed by atoms with E-state index in [2.05, 4.69) is 42.0 Å². The normalized spacial score (nSPS) is 39.6. The smallest absolute Gasteiger partial charge is 0.228 e. The summed E-state index contributed by atoms with van der Waals surface area (Å²) in [5.74, 6) is 0.261. The Morgan fingerprint density at radius 1 is 1.37 bits per heavy atom. The van der Waals surface area contributed by atoms with Gasteiger partial charge >= 0.3 is 0 Å². The molecular weight excluding hydrogens is 306 g/mol. The number of carbonyl (C=O) groups is 2. The molecule has 0 aromatic rings. The molecule has 2 aliphatic carbocycles. The molecule has 0 spiro atoms. The van der Waals surface area contributed by atoms with E-state index in [1.54, 1.807) is 0 Å². The first-order valence-corrected chi connectivity index (χ1v) is 8.14. The SMILES string of the molecule is CCCCNC(=O)[C@]12CC[C@@](C)(C(=O)[C@@H]1Br)C2(C)C. The van der Waals surface area contributed by atoms with Crippen LogP contribution in [0.4, 0.5) is 0 Å². The summed E-state index contributed by atoms with van der Waals surface area (Å²) in [6.45, 7) is 9.00. The number of amides is 1. The number of hydrogen-bond donors (Lipinski definition) is 1. The van der Waals surface area contributed by atoms with E-state index in [0.29, 0.717) is 6.54 Å². The standard InChI is InChI=1S/C15H24BrNO2/c1-5-6-9-17-12(19)15-8-7-14(4,13(15,2)3)11(18)10(15)16/h10H,5-9H2,1-4H3,(H,17,19)/t10-,14-,15-/m0/s1. The lowest BCUT2D eigenvalue weighted by atomic mass is 9.64. The van der Waals surface area contributed by atoms with Gasteiger partial charge in [-0.25, -0.2) is 0 Å². The Morgan fingerprint density at radius 3 is 2.47 bits per heavy atom. The summed E-state index contributed by atoms with van der Waals surface area (Å²) >= 11 is 3.53. The number of fused-ring (bicyclic) bond motifs is 2. The lowest BCUT2D eigenvalue weighted by Gasteiger charge is -2.39. The summed E-state index contributed by atoms with van der Waals surface area (Å²) in [5, 5.41) is 3.05. The lowest BCUT2D eigenvalue weighted by molar-refractivity contribution is -0.135. The van der Waals surface area contributed by atoms with Crippen molar-refractivity contribution >= 4 is 27.6 Å². The second-order valence-corrected chi connectivity index (χ2v) is 7.68. The van der Waals surface area contributed by atoms with Crippen molar-refractivity contribution in [1.82, 2.24) is 5.32 Å². The van der Waals surface area contributed by atoms with Crippen LogP contribution in [0.2, 0.25) is 0 Å². The zero-order valence-electron chi connectivity index (χ0n) is 12.3. The Kier molecular flexibility index (Phi) is 3.62. The molecule has 3 atom stereocenters. The van der Waals surface area contributed by atoms with Gasteiger partial charge in [-0.05, 0) is 24.7 Å². The topological polar surface area (TPSA) is 46.2 Å². The van der Waals surface area contributed by atoms with Crippen LogP contribution >= 0.6 is 15.9 Å². The number of alkyl halides is 1. The van der Waals surface area contributed by atoms with E-state index >= 15 is 0 Å². The van der Waals surface area contributed by atoms with Crippen molar-refractivity contribution in [2.75, 3.05) is 6.54 Å². The Bertz CT molecular complexity index is 420. The lowest BCUT2D eigenvalue weighted by Crippen LogP contribution is -2.51. The molecule has 2 rings (SSSR count). The number of unbranched alkanes of at least 4 members (excludes halogenated alkanes) is 1. The predicted octanol–water partition coefficient (Wildman–Crippen LogP) is 3.06. The van der Waals surface area contributed by atoms with Crippen molar-refractivity contribution in [1.29, 1.82) is 0 Å². The molecular formula is C15H24BrNO2. The maximum Gasteiger partial charge on any atom is 0.228 e. The fourth-order valence-electron chi connectivity index (χ4n) is 3.99. The van der Waals surface area contributed by atoms with Gasteiger partial charge in [0.15, 0.2) is 5.78 Å². The Hall–Kier alpha value is -0.380. The van der Waals surface area contributed by atoms with Crippen molar-refractivity contribution in [2.24, 2.45) is 16.2 Å². The first-order valence-electron chi connectivity index (χ1n) is 7.22. The zero-order chi connectivity index (χ0) is 14.5. The van der Waals surface area contributed by atoms with Crippen molar-refractivity contribution < 1.29 is 9.59 Å². The van der Waals surface area contributed by atoms with Gasteiger partial charge in [-0.2, -0.15) is 0 Å². The molecule has 3 nitrogen and oxygen atoms in total. The van der Waals surface area contributed by atoms with Gasteiger partial charge < -0.3 is 5.32 Å². The number of halogens is 1. The van der Waals surface area contributed by atoms with Crippen LogP contribution in [0.1, 0.15) is 53.4 Å². The van der Waals surface area contributed by atoms with Gasteiger partial charge in [0.25, 0.3) is 0 Å². The molecule has 2 saturated carbocycles. The molecule has 2 bridgehead atoms. The van der Waals surface area contributed by atoms with Crippen LogP contribution in [-0.2, 0) is 9.59 Å². The number of hydrogen-bond acceptors (Lipinski definition) is 2. The average Bonchev–Trinajstić information content (AvgIpc) is 2.62. The first kappa shape index (κ1) is 15.0. The third-order valence-electron chi connectivity index (χ3n) is 5.94. The van der Waals surface area contributed by atoms with Crippen molar-refractivity contribution in [3.05, 3.63) is 0 Å². The number of ketones is 1. The van der Waals surface area contributed by atoms with E-state index in [-0.39, 0.29) is 27.3 Å². The summed E-state index contributed by atoms with van der Waals surface area (Å²) in [6.07, 6.45) is 3.67. The van der Waals surface area contributed by atoms with Crippen LogP contribution in [0.3, 0.4) is 0 Å². The highest BCUT2D eigenvalue weighted by Crippen LogP contribution is 2.72. The molecule has 1 N–H and O–H groups in total. The van der Waals surface area contributed by atoms with Crippen LogP contribution < -0.4 is 5.32 Å². The number of nitrogens with one attached hydrogen (secondary N) is 1. The van der Waals surface area contributed by atoms with Gasteiger partial charge in [-0.3, -0.25) is 9.59 Å². The summed E-state index contributed by atoms with van der Waals surface area (Å²) < 4.78 is 0. The highest BCUT2D eigenvalue weighted by Gasteiger charge is 2.76. The minimum atomic E-state index is -0.577. The second kappa shape index (κ2) is 4.57. The largest absolute Gasteiger partial charge is 0.356 e. The highest BCUT2D eigenvalue weighted by atomic mass is 79.9. The van der Waals surface area contributed by atoms with Crippen LogP contribution in [0.15, 0.2) is 0 Å². The molecule has 2 aliphatic rings. The predicted molar refractivity (Wildman–Crippen MR) is 79.2 cm³/mol. The summed E-state index contributed by atoms with van der Waals surface area (Å²) in [6, 6.07) is 0. The molecule has 0 aromatic carbocycles. The molecule has 1 amide bonds. The third kappa shape index (κ3) is 1.61. The van der Waals surface area contributed by atoms with Crippen LogP contribution in [0.25, 0.3) is 0 Å². The molecule has 4 heteroatoms. The third-order valence-corrected chi connectivity index (χ3v) is 7.14. The van der Waals surface area contributed by atoms with E-state index in [1.165, 1.54) is 0 Å². The van der Waals surface area contributed by atoms with Crippen LogP contribution in [-0.4, -0.2) is 23.1 Å². The maximum atomic E-state index is 12.7. The summed E-state index contributed by atoms with van der Waals surface area (Å²) in [5.41, 5.74) is -1.24. The number of Topliss-reactive ketones (excluding diaryl/α,β-unsaturated/α-hetero) is 1. The average molecular weight is 330 g/mol. The van der Waals surface area contributed by atoms with E-state index in [4.69, 9.17) is 0 Å². The molecule has 0 radical (unpaired) electrons. The van der Waals surface area contributed by atoms with Gasteiger partial charge in [0, 0.05) is 12.0 Å². The Balaban J connectivity index is 2.32. The molecule has 0 aliphatic heterocycles. The molecule has 0 unspecified atom stereocenters. The van der Waals surface area contributed by atoms with Gasteiger partial charge in [0.1, 0.15) is 0 Å². The fourth-order valence-corrected chi connectivity index (χ4v) is 5.51. The number of carbonyl (C=O) groups excluding carboxylic acids is 2. The molecule has 0 aromatic heterocycles. The van der Waals surface area contributed by atoms with E-state index in [0.717, 1.165) is 25.7 Å². The fraction of sp³-hybridized carbons (Fsp3) is 0.867. The summed E-state index contributed by atoms with van der Waals surface area (Å²) in [4.78, 5) is 24.9. The second-order valence-electron chi connectivity index (χ2n) is 6.76. The monoisotopic (exact) mass is 329 g/mol. The molecule has 19 heavy (non-hydrogen) atoms. The van der Waals surface area contributed by atoms with Gasteiger partial charge in [-0.1, -0.05) is 50.0 Å². The Morgan fingerprint density at radius 2 is 2.00 bits per heavy atom. The minimum absolute atomic E-state index is 0.0578. The van der Waals surface area contributed by atoms with Crippen LogP contribution in [0.5, 0.6) is 0 Å². The Labute approximate surface area is 124 Å². The molecule has 108 valence electrons. The van der Waals surface area contributed by atoms with Crippen LogP contribution in [0, 0.1) is 16.2 Å². The molecule has 2 fully saturated rings. The van der Waals surface area contributed by atoms with Gasteiger partial charge in [-0.15, -0.1) is 0 Å². The molecule has 0 heterocycles. The van der Waals surface area contributed by atoms with Gasteiger partial charge in [0.2, 0.25) is 5.91 Å². The van der Waals surface area contributed by atoms with E-state index in [1.807, 2.05) is 6.92 Å². The highest BCUT2D eigenvalue weighted by molar-refractivity contribution is 9.10. The maximum absolute atomic E-state index is 12.7. The van der Waals surface area contributed by atoms with E-state index < -0.39 is 5.41 Å². The zero-order valence-corrected chi connectivity index (χ0v) is 13.9. The summed E-state index contributed by atoms with van der Waals surface area (Å²) in [7, 11) is 0. The minimum Gasteiger partial charge on any atom is -0.356 e. The van der Waals surface area contributed by atoms with E-state index in [9.17, 15) is 9.59 Å². The molecule has 0 saturated heterocycles.